The van der Waals surface area contributed by atoms with Crippen molar-refractivity contribution in [3.8, 4) is 5.75 Å². The monoisotopic (exact) mass is 365 g/mol. The summed E-state index contributed by atoms with van der Waals surface area (Å²) in [6.07, 6.45) is 5.74. The molecule has 1 atom stereocenters. The summed E-state index contributed by atoms with van der Waals surface area (Å²) in [6.45, 7) is 5.67. The van der Waals surface area contributed by atoms with Crippen LogP contribution in [0.2, 0.25) is 0 Å². The van der Waals surface area contributed by atoms with E-state index in [1.165, 1.54) is 37.9 Å². The van der Waals surface area contributed by atoms with E-state index in [2.05, 4.69) is 58.2 Å². The molecule has 0 radical (unpaired) electrons. The molecule has 0 unspecified atom stereocenters. The lowest BCUT2D eigenvalue weighted by molar-refractivity contribution is 0.0215. The predicted octanol–water partition coefficient (Wildman–Crippen LogP) is 3.79. The van der Waals surface area contributed by atoms with Gasteiger partial charge in [-0.25, -0.2) is 0 Å². The van der Waals surface area contributed by atoms with Crippen LogP contribution in [0.1, 0.15) is 36.4 Å². The fourth-order valence-corrected chi connectivity index (χ4v) is 5.06. The van der Waals surface area contributed by atoms with E-state index in [0.29, 0.717) is 11.3 Å². The van der Waals surface area contributed by atoms with Gasteiger partial charge in [-0.1, -0.05) is 30.3 Å². The van der Waals surface area contributed by atoms with Gasteiger partial charge in [0.15, 0.2) is 0 Å². The molecule has 0 aliphatic carbocycles. The maximum atomic E-state index is 5.34. The Bertz CT molecular complexity index is 740. The summed E-state index contributed by atoms with van der Waals surface area (Å²) in [7, 11) is 4.01. The first-order valence-electron chi connectivity index (χ1n) is 10.1. The zero-order chi connectivity index (χ0) is 18.7. The minimum Gasteiger partial charge on any atom is -0.497 e. The zero-order valence-electron chi connectivity index (χ0n) is 16.6. The summed E-state index contributed by atoms with van der Waals surface area (Å²) in [4.78, 5) is 9.63. The summed E-state index contributed by atoms with van der Waals surface area (Å²) < 4.78 is 5.34. The second-order valence-corrected chi connectivity index (χ2v) is 8.47. The summed E-state index contributed by atoms with van der Waals surface area (Å²) >= 11 is 0. The zero-order valence-corrected chi connectivity index (χ0v) is 16.6. The molecule has 2 aromatic rings. The van der Waals surface area contributed by atoms with E-state index in [9.17, 15) is 0 Å². The first-order chi connectivity index (χ1) is 13.2. The molecule has 27 heavy (non-hydrogen) atoms. The Morgan fingerprint density at radius 2 is 1.93 bits per heavy atom. The highest BCUT2D eigenvalue weighted by molar-refractivity contribution is 5.23. The van der Waals surface area contributed by atoms with Gasteiger partial charge < -0.3 is 9.64 Å². The number of hydrogen-bond donors (Lipinski definition) is 0. The van der Waals surface area contributed by atoms with Crippen molar-refractivity contribution in [3.05, 3.63) is 59.9 Å². The Morgan fingerprint density at radius 1 is 1.15 bits per heavy atom. The molecule has 3 heterocycles. The number of methoxy groups -OCH3 is 1. The molecule has 4 nitrogen and oxygen atoms in total. The summed E-state index contributed by atoms with van der Waals surface area (Å²) in [5, 5.41) is 0. The SMILES string of the molecule is COc1ccnc(CN2CCC3(CC2)C[C@@H](c2ccccc2)CN(C)C3)c1. The highest BCUT2D eigenvalue weighted by Gasteiger charge is 2.41. The van der Waals surface area contributed by atoms with Gasteiger partial charge >= 0.3 is 0 Å². The number of nitrogens with zero attached hydrogens (tertiary/aromatic N) is 3. The molecule has 2 fully saturated rings. The molecule has 1 spiro atoms. The average molecular weight is 366 g/mol. The first-order valence-corrected chi connectivity index (χ1v) is 10.1. The minimum atomic E-state index is 0.464. The van der Waals surface area contributed by atoms with Crippen molar-refractivity contribution in [3.63, 3.8) is 0 Å². The van der Waals surface area contributed by atoms with Gasteiger partial charge in [-0.3, -0.25) is 9.88 Å². The molecular formula is C23H31N3O. The molecule has 1 aromatic heterocycles. The molecule has 0 bridgehead atoms. The van der Waals surface area contributed by atoms with Gasteiger partial charge in [-0.05, 0) is 62.4 Å². The van der Waals surface area contributed by atoms with Crippen LogP contribution < -0.4 is 4.74 Å². The van der Waals surface area contributed by atoms with E-state index in [1.54, 1.807) is 7.11 Å². The lowest BCUT2D eigenvalue weighted by atomic mass is 9.68. The Balaban J connectivity index is 1.39. The van der Waals surface area contributed by atoms with Crippen molar-refractivity contribution < 1.29 is 4.74 Å². The lowest BCUT2D eigenvalue weighted by Gasteiger charge is -2.49. The molecule has 144 valence electrons. The van der Waals surface area contributed by atoms with Crippen molar-refractivity contribution >= 4 is 0 Å². The predicted molar refractivity (Wildman–Crippen MR) is 109 cm³/mol. The largest absolute Gasteiger partial charge is 0.497 e. The number of pyridine rings is 1. The maximum Gasteiger partial charge on any atom is 0.122 e. The Hall–Kier alpha value is -1.91. The normalized spacial score (nSPS) is 23.4. The fraction of sp³-hybridized carbons (Fsp3) is 0.522. The van der Waals surface area contributed by atoms with Gasteiger partial charge in [0.1, 0.15) is 5.75 Å². The molecule has 2 aliphatic rings. The maximum absolute atomic E-state index is 5.34. The van der Waals surface area contributed by atoms with Gasteiger partial charge in [0.25, 0.3) is 0 Å². The molecule has 0 N–H and O–H groups in total. The van der Waals surface area contributed by atoms with Crippen LogP contribution >= 0.6 is 0 Å². The highest BCUT2D eigenvalue weighted by atomic mass is 16.5. The topological polar surface area (TPSA) is 28.6 Å². The number of likely N-dealkylation sites (N-methyl/N-ethyl adjacent to an activating group) is 1. The number of piperidine rings is 2. The fourth-order valence-electron chi connectivity index (χ4n) is 5.06. The molecule has 1 aromatic carbocycles. The van der Waals surface area contributed by atoms with Crippen LogP contribution in [0.25, 0.3) is 0 Å². The number of hydrogen-bond acceptors (Lipinski definition) is 4. The van der Waals surface area contributed by atoms with Crippen LogP contribution in [-0.4, -0.2) is 55.1 Å². The Kier molecular flexibility index (Phi) is 5.46. The van der Waals surface area contributed by atoms with Crippen LogP contribution in [0.4, 0.5) is 0 Å². The van der Waals surface area contributed by atoms with E-state index < -0.39 is 0 Å². The van der Waals surface area contributed by atoms with Crippen molar-refractivity contribution in [2.24, 2.45) is 5.41 Å². The van der Waals surface area contributed by atoms with Crippen LogP contribution in [-0.2, 0) is 6.54 Å². The van der Waals surface area contributed by atoms with Gasteiger partial charge in [0.2, 0.25) is 0 Å². The highest BCUT2D eigenvalue weighted by Crippen LogP contribution is 2.44. The summed E-state index contributed by atoms with van der Waals surface area (Å²) in [6, 6.07) is 15.1. The molecular weight excluding hydrogens is 334 g/mol. The van der Waals surface area contributed by atoms with E-state index in [4.69, 9.17) is 4.74 Å². The van der Waals surface area contributed by atoms with Crippen LogP contribution in [0, 0.1) is 5.41 Å². The minimum absolute atomic E-state index is 0.464. The second-order valence-electron chi connectivity index (χ2n) is 8.47. The van der Waals surface area contributed by atoms with Gasteiger partial charge in [-0.15, -0.1) is 0 Å². The number of aromatic nitrogens is 1. The first kappa shape index (κ1) is 18.5. The molecule has 0 saturated carbocycles. The molecule has 2 saturated heterocycles. The van der Waals surface area contributed by atoms with Crippen LogP contribution in [0.3, 0.4) is 0 Å². The average Bonchev–Trinajstić information content (AvgIpc) is 2.70. The van der Waals surface area contributed by atoms with E-state index in [1.807, 2.05) is 12.3 Å². The van der Waals surface area contributed by atoms with Crippen molar-refractivity contribution in [2.75, 3.05) is 40.3 Å². The van der Waals surface area contributed by atoms with E-state index in [0.717, 1.165) is 31.1 Å². The number of ether oxygens (including phenoxy) is 1. The molecule has 2 aliphatic heterocycles. The molecule has 4 rings (SSSR count). The number of rotatable bonds is 4. The number of likely N-dealkylation sites (tertiary alicyclic amines) is 2. The molecule has 4 heteroatoms. The lowest BCUT2D eigenvalue weighted by Crippen LogP contribution is -2.50. The van der Waals surface area contributed by atoms with Gasteiger partial charge in [0.05, 0.1) is 12.8 Å². The van der Waals surface area contributed by atoms with Gasteiger partial charge in [-0.2, -0.15) is 0 Å². The van der Waals surface area contributed by atoms with E-state index >= 15 is 0 Å². The standard InChI is InChI=1S/C23H31N3O/c1-25-16-20(19-6-4-3-5-7-19)15-23(18-25)9-12-26(13-10-23)17-21-14-22(27-2)8-11-24-21/h3-8,11,14,20H,9-10,12-13,15-18H2,1-2H3/t20-/m1/s1. The number of benzene rings is 1. The van der Waals surface area contributed by atoms with Crippen molar-refractivity contribution in [1.82, 2.24) is 14.8 Å². The Morgan fingerprint density at radius 3 is 2.67 bits per heavy atom. The summed E-state index contributed by atoms with van der Waals surface area (Å²) in [5.41, 5.74) is 3.07. The quantitative estimate of drug-likeness (QED) is 0.824. The van der Waals surface area contributed by atoms with Crippen LogP contribution in [0.5, 0.6) is 5.75 Å². The third kappa shape index (κ3) is 4.33. The Labute approximate surface area is 163 Å². The van der Waals surface area contributed by atoms with E-state index in [-0.39, 0.29) is 0 Å². The van der Waals surface area contributed by atoms with Crippen LogP contribution in [0.15, 0.2) is 48.7 Å². The van der Waals surface area contributed by atoms with Gasteiger partial charge in [0, 0.05) is 31.9 Å². The third-order valence-corrected chi connectivity index (χ3v) is 6.41. The second kappa shape index (κ2) is 7.99. The molecule has 0 amide bonds. The summed E-state index contributed by atoms with van der Waals surface area (Å²) in [5.74, 6) is 1.56. The third-order valence-electron chi connectivity index (χ3n) is 6.41. The van der Waals surface area contributed by atoms with Crippen molar-refractivity contribution in [1.29, 1.82) is 0 Å². The van der Waals surface area contributed by atoms with Crippen molar-refractivity contribution in [2.45, 2.75) is 31.7 Å². The smallest absolute Gasteiger partial charge is 0.122 e.